The Labute approximate surface area is 148 Å². The average molecular weight is 357 g/mol. The Kier molecular flexibility index (Phi) is 5.92. The van der Waals surface area contributed by atoms with Crippen LogP contribution in [0.3, 0.4) is 0 Å². The Balaban J connectivity index is 2.12. The summed E-state index contributed by atoms with van der Waals surface area (Å²) in [6, 6.07) is 7.45. The lowest BCUT2D eigenvalue weighted by molar-refractivity contribution is -0.135. The Hall–Kier alpha value is -3.12. The summed E-state index contributed by atoms with van der Waals surface area (Å²) in [4.78, 5) is 24.9. The first-order chi connectivity index (χ1) is 11.9. The summed E-state index contributed by atoms with van der Waals surface area (Å²) < 4.78 is 4.47. The number of nitriles is 1. The zero-order valence-electron chi connectivity index (χ0n) is 13.8. The van der Waals surface area contributed by atoms with Crippen molar-refractivity contribution in [3.8, 4) is 6.07 Å². The van der Waals surface area contributed by atoms with Gasteiger partial charge < -0.3 is 9.64 Å². The lowest BCUT2D eigenvalue weighted by Gasteiger charge is -2.14. The highest BCUT2D eigenvalue weighted by Gasteiger charge is 2.24. The molecule has 1 amide bonds. The van der Waals surface area contributed by atoms with Gasteiger partial charge in [0.2, 0.25) is 0 Å². The lowest BCUT2D eigenvalue weighted by Crippen LogP contribution is -2.19. The predicted molar refractivity (Wildman–Crippen MR) is 96.3 cm³/mol. The van der Waals surface area contributed by atoms with Crippen molar-refractivity contribution in [2.45, 2.75) is 0 Å². The van der Waals surface area contributed by atoms with Crippen LogP contribution >= 0.6 is 11.8 Å². The molecule has 1 fully saturated rings. The fourth-order valence-corrected chi connectivity index (χ4v) is 2.64. The van der Waals surface area contributed by atoms with Gasteiger partial charge in [-0.15, -0.1) is 5.10 Å². The van der Waals surface area contributed by atoms with E-state index in [1.165, 1.54) is 13.3 Å². The number of amidine groups is 1. The highest BCUT2D eigenvalue weighted by molar-refractivity contribution is 8.18. The van der Waals surface area contributed by atoms with Crippen molar-refractivity contribution in [1.29, 1.82) is 5.26 Å². The normalized spacial score (nSPS) is 17.0. The van der Waals surface area contributed by atoms with Crippen molar-refractivity contribution in [3.63, 3.8) is 0 Å². The molecular formula is C16H15N5O3S. The molecule has 0 bridgehead atoms. The van der Waals surface area contributed by atoms with Crippen molar-refractivity contribution in [2.24, 2.45) is 10.2 Å². The Bertz CT molecular complexity index is 837. The quantitative estimate of drug-likeness (QED) is 0.376. The Morgan fingerprint density at radius 2 is 2.20 bits per heavy atom. The van der Waals surface area contributed by atoms with Crippen LogP contribution in [0.5, 0.6) is 0 Å². The van der Waals surface area contributed by atoms with E-state index in [0.29, 0.717) is 11.1 Å². The van der Waals surface area contributed by atoms with E-state index in [-0.39, 0.29) is 10.1 Å². The van der Waals surface area contributed by atoms with Crippen LogP contribution < -0.4 is 10.2 Å². The number of ether oxygens (including phenoxy) is 1. The minimum Gasteiger partial charge on any atom is -0.466 e. The van der Waals surface area contributed by atoms with Gasteiger partial charge in [-0.3, -0.25) is 10.1 Å². The van der Waals surface area contributed by atoms with Crippen LogP contribution in [-0.4, -0.2) is 44.5 Å². The number of nitrogens with one attached hydrogen (secondary N) is 1. The fourth-order valence-electron chi connectivity index (χ4n) is 1.90. The minimum absolute atomic E-state index is 0.183. The highest BCUT2D eigenvalue weighted by Crippen LogP contribution is 2.23. The predicted octanol–water partition coefficient (Wildman–Crippen LogP) is 1.23. The molecule has 9 heteroatoms. The first kappa shape index (κ1) is 18.2. The van der Waals surface area contributed by atoms with Crippen molar-refractivity contribution in [1.82, 2.24) is 5.32 Å². The first-order valence-electron chi connectivity index (χ1n) is 7.06. The van der Waals surface area contributed by atoms with Gasteiger partial charge >= 0.3 is 5.97 Å². The minimum atomic E-state index is -0.618. The number of anilines is 1. The molecule has 0 unspecified atom stereocenters. The molecule has 0 spiro atoms. The monoisotopic (exact) mass is 357 g/mol. The number of nitrogens with zero attached hydrogens (tertiary/aromatic N) is 4. The molecule has 0 saturated carbocycles. The molecular weight excluding hydrogens is 342 g/mol. The van der Waals surface area contributed by atoms with Gasteiger partial charge in [-0.2, -0.15) is 10.4 Å². The number of carbonyl (C=O) groups excluding carboxylic acids is 2. The molecule has 0 aliphatic carbocycles. The Morgan fingerprint density at radius 1 is 1.44 bits per heavy atom. The zero-order valence-corrected chi connectivity index (χ0v) is 14.6. The maximum Gasteiger partial charge on any atom is 0.331 e. The van der Waals surface area contributed by atoms with E-state index >= 15 is 0 Å². The van der Waals surface area contributed by atoms with E-state index in [2.05, 4.69) is 26.3 Å². The number of thioether (sulfide) groups is 1. The second-order valence-electron chi connectivity index (χ2n) is 5.02. The van der Waals surface area contributed by atoms with E-state index < -0.39 is 11.9 Å². The molecule has 1 aromatic rings. The molecule has 0 radical (unpaired) electrons. The molecule has 1 saturated heterocycles. The van der Waals surface area contributed by atoms with Crippen LogP contribution in [0.2, 0.25) is 0 Å². The van der Waals surface area contributed by atoms with Crippen LogP contribution in [0, 0.1) is 11.3 Å². The van der Waals surface area contributed by atoms with Crippen LogP contribution in [-0.2, 0) is 14.3 Å². The standard InChI is InChI=1S/C16H15N5O3S/c1-21(2)12-5-4-10(6-11(12)8-17)9-18-20-16-19-15(23)13(25-16)7-14(22)24-3/h4-7,9H,1-3H3,(H,19,20,23)/b13-7+,18-9?. The molecule has 1 aliphatic rings. The van der Waals surface area contributed by atoms with Gasteiger partial charge in [-0.1, -0.05) is 6.07 Å². The summed E-state index contributed by atoms with van der Waals surface area (Å²) in [5.41, 5.74) is 2.03. The van der Waals surface area contributed by atoms with Gasteiger partial charge in [0.15, 0.2) is 5.17 Å². The van der Waals surface area contributed by atoms with E-state index in [4.69, 9.17) is 0 Å². The largest absolute Gasteiger partial charge is 0.466 e. The highest BCUT2D eigenvalue weighted by atomic mass is 32.2. The molecule has 128 valence electrons. The number of hydrogen-bond acceptors (Lipinski definition) is 8. The number of esters is 1. The van der Waals surface area contributed by atoms with Gasteiger partial charge in [-0.25, -0.2) is 4.79 Å². The van der Waals surface area contributed by atoms with E-state index in [1.807, 2.05) is 31.1 Å². The summed E-state index contributed by atoms with van der Waals surface area (Å²) in [5, 5.41) is 19.7. The smallest absolute Gasteiger partial charge is 0.331 e. The first-order valence-corrected chi connectivity index (χ1v) is 7.87. The van der Waals surface area contributed by atoms with Crippen LogP contribution in [0.15, 0.2) is 39.4 Å². The zero-order chi connectivity index (χ0) is 18.4. The van der Waals surface area contributed by atoms with Crippen molar-refractivity contribution < 1.29 is 14.3 Å². The third-order valence-corrected chi connectivity index (χ3v) is 3.98. The number of carbonyl (C=O) groups is 2. The molecule has 1 aromatic carbocycles. The average Bonchev–Trinajstić information content (AvgIpc) is 2.93. The van der Waals surface area contributed by atoms with Crippen molar-refractivity contribution in [3.05, 3.63) is 40.3 Å². The molecule has 1 aliphatic heterocycles. The molecule has 25 heavy (non-hydrogen) atoms. The maximum absolute atomic E-state index is 11.7. The second-order valence-corrected chi connectivity index (χ2v) is 6.05. The number of benzene rings is 1. The van der Waals surface area contributed by atoms with Crippen LogP contribution in [0.25, 0.3) is 0 Å². The number of rotatable bonds is 4. The summed E-state index contributed by atoms with van der Waals surface area (Å²) in [6.45, 7) is 0. The molecule has 1 heterocycles. The second kappa shape index (κ2) is 8.12. The maximum atomic E-state index is 11.7. The van der Waals surface area contributed by atoms with Gasteiger partial charge in [0, 0.05) is 20.2 Å². The summed E-state index contributed by atoms with van der Waals surface area (Å²) in [6.07, 6.45) is 2.56. The summed E-state index contributed by atoms with van der Waals surface area (Å²) >= 11 is 0.988. The van der Waals surface area contributed by atoms with Crippen LogP contribution in [0.1, 0.15) is 11.1 Å². The van der Waals surface area contributed by atoms with Crippen molar-refractivity contribution in [2.75, 3.05) is 26.1 Å². The summed E-state index contributed by atoms with van der Waals surface area (Å²) in [7, 11) is 4.94. The SMILES string of the molecule is COC(=O)/C=C1/S/C(=N\N=Cc2ccc(N(C)C)c(C#N)c2)NC1=O. The summed E-state index contributed by atoms with van der Waals surface area (Å²) in [5.74, 6) is -1.06. The number of hydrogen-bond donors (Lipinski definition) is 1. The molecule has 0 aromatic heterocycles. The lowest BCUT2D eigenvalue weighted by atomic mass is 10.1. The van der Waals surface area contributed by atoms with Gasteiger partial charge in [0.25, 0.3) is 5.91 Å². The molecule has 0 atom stereocenters. The fraction of sp³-hybridized carbons (Fsp3) is 0.188. The topological polar surface area (TPSA) is 107 Å². The van der Waals surface area contributed by atoms with E-state index in [9.17, 15) is 14.9 Å². The van der Waals surface area contributed by atoms with Crippen LogP contribution in [0.4, 0.5) is 5.69 Å². The third kappa shape index (κ3) is 4.68. The van der Waals surface area contributed by atoms with Gasteiger partial charge in [0.05, 0.1) is 29.5 Å². The number of amides is 1. The van der Waals surface area contributed by atoms with E-state index in [0.717, 1.165) is 23.5 Å². The number of methoxy groups -OCH3 is 1. The Morgan fingerprint density at radius 3 is 2.84 bits per heavy atom. The van der Waals surface area contributed by atoms with E-state index in [1.54, 1.807) is 6.07 Å². The van der Waals surface area contributed by atoms with Gasteiger partial charge in [-0.05, 0) is 29.5 Å². The third-order valence-electron chi connectivity index (χ3n) is 3.08. The van der Waals surface area contributed by atoms with Crippen molar-refractivity contribution >= 4 is 40.7 Å². The van der Waals surface area contributed by atoms with Gasteiger partial charge in [0.1, 0.15) is 6.07 Å². The molecule has 8 nitrogen and oxygen atoms in total. The molecule has 1 N–H and O–H groups in total. The molecule has 2 rings (SSSR count).